The summed E-state index contributed by atoms with van der Waals surface area (Å²) in [6.07, 6.45) is 21.1. The maximum atomic E-state index is 9.08. The Bertz CT molecular complexity index is 376. The number of hydrogen-bond donors (Lipinski definition) is 1. The lowest BCUT2D eigenvalue weighted by atomic mass is 10.1. The molecule has 5 heteroatoms. The van der Waals surface area contributed by atoms with Gasteiger partial charge in [0.1, 0.15) is 0 Å². The third-order valence-electron chi connectivity index (χ3n) is 5.12. The van der Waals surface area contributed by atoms with Crippen LogP contribution in [-0.4, -0.2) is 38.4 Å². The zero-order chi connectivity index (χ0) is 19.0. The fourth-order valence-corrected chi connectivity index (χ4v) is 3.85. The van der Waals surface area contributed by atoms with Crippen molar-refractivity contribution < 1.29 is 17.9 Å². The van der Waals surface area contributed by atoms with Gasteiger partial charge >= 0.3 is 0 Å². The minimum atomic E-state index is -3.92. The number of quaternary nitrogens is 1. The van der Waals surface area contributed by atoms with Gasteiger partial charge in [-0.05, 0) is 19.3 Å². The lowest BCUT2D eigenvalue weighted by molar-refractivity contribution is -0.912. The maximum absolute atomic E-state index is 9.08. The van der Waals surface area contributed by atoms with Crippen LogP contribution in [0.1, 0.15) is 104 Å². The summed E-state index contributed by atoms with van der Waals surface area (Å²) in [5.74, 6) is 0. The Morgan fingerprint density at radius 3 is 1.84 bits per heavy atom. The molecule has 0 aliphatic carbocycles. The predicted molar refractivity (Wildman–Crippen MR) is 106 cm³/mol. The van der Waals surface area contributed by atoms with Gasteiger partial charge in [0.15, 0.2) is 0 Å². The van der Waals surface area contributed by atoms with Crippen LogP contribution < -0.4 is 4.90 Å². The molecule has 0 aromatic carbocycles. The third kappa shape index (κ3) is 18.5. The van der Waals surface area contributed by atoms with Crippen LogP contribution in [-0.2, 0) is 10.1 Å². The summed E-state index contributed by atoms with van der Waals surface area (Å²) < 4.78 is 27.2. The normalized spacial score (nSPS) is 20.3. The second-order valence-corrected chi connectivity index (χ2v) is 9.08. The molecule has 1 heterocycles. The first kappa shape index (κ1) is 24.9. The van der Waals surface area contributed by atoms with Crippen molar-refractivity contribution in [3.63, 3.8) is 0 Å². The lowest BCUT2D eigenvalue weighted by Gasteiger charge is -2.21. The number of nitrogens with one attached hydrogen (secondary N) is 1. The largest absolute Gasteiger partial charge is 0.748 e. The molecule has 0 aromatic heterocycles. The molecule has 1 saturated heterocycles. The molecule has 25 heavy (non-hydrogen) atoms. The molecule has 1 N–H and O–H groups in total. The zero-order valence-corrected chi connectivity index (χ0v) is 17.8. The Kier molecular flexibility index (Phi) is 16.0. The van der Waals surface area contributed by atoms with Crippen LogP contribution in [0.25, 0.3) is 0 Å². The van der Waals surface area contributed by atoms with Gasteiger partial charge in [0.2, 0.25) is 0 Å². The first-order valence-corrected chi connectivity index (χ1v) is 12.5. The quantitative estimate of drug-likeness (QED) is 0.391. The van der Waals surface area contributed by atoms with Crippen molar-refractivity contribution in [1.29, 1.82) is 0 Å². The van der Waals surface area contributed by atoms with Crippen LogP contribution in [0.15, 0.2) is 0 Å². The van der Waals surface area contributed by atoms with Crippen LogP contribution in [0.3, 0.4) is 0 Å². The van der Waals surface area contributed by atoms with Crippen molar-refractivity contribution in [2.24, 2.45) is 0 Å². The SMILES string of the molecule is CCCCCCCCCCCC[NH+]1CCCC1CCC.CS(=O)(=O)[O-]. The molecule has 0 bridgehead atoms. The third-order valence-corrected chi connectivity index (χ3v) is 5.12. The molecule has 0 radical (unpaired) electrons. The molecule has 2 atom stereocenters. The Balaban J connectivity index is 0.00000101. The van der Waals surface area contributed by atoms with Crippen LogP contribution in [0.5, 0.6) is 0 Å². The van der Waals surface area contributed by atoms with E-state index in [4.69, 9.17) is 13.0 Å². The van der Waals surface area contributed by atoms with Gasteiger partial charge < -0.3 is 9.45 Å². The molecule has 1 aliphatic rings. The molecular weight excluding hydrogens is 334 g/mol. The van der Waals surface area contributed by atoms with Crippen molar-refractivity contribution in [2.45, 2.75) is 110 Å². The van der Waals surface area contributed by atoms with Gasteiger partial charge in [-0.15, -0.1) is 0 Å². The van der Waals surface area contributed by atoms with Gasteiger partial charge in [0, 0.05) is 19.1 Å². The predicted octanol–water partition coefficient (Wildman–Crippen LogP) is 3.92. The van der Waals surface area contributed by atoms with E-state index in [9.17, 15) is 0 Å². The van der Waals surface area contributed by atoms with E-state index >= 15 is 0 Å². The Morgan fingerprint density at radius 1 is 0.880 bits per heavy atom. The smallest absolute Gasteiger partial charge is 0.0916 e. The molecule has 2 unspecified atom stereocenters. The summed E-state index contributed by atoms with van der Waals surface area (Å²) in [7, 11) is -3.92. The molecule has 4 nitrogen and oxygen atoms in total. The van der Waals surface area contributed by atoms with Crippen LogP contribution in [0, 0.1) is 0 Å². The van der Waals surface area contributed by atoms with Crippen molar-refractivity contribution in [2.75, 3.05) is 19.3 Å². The summed E-state index contributed by atoms with van der Waals surface area (Å²) in [6.45, 7) is 7.56. The standard InChI is InChI=1S/C19H39N.CH4O3S/c1-3-5-6-7-8-9-10-11-12-13-17-20-18-14-16-19(20)15-4-2;1-5(2,3)4/h19H,3-18H2,1-2H3;1H3,(H,2,3,4). The average molecular weight is 378 g/mol. The summed E-state index contributed by atoms with van der Waals surface area (Å²) in [5, 5.41) is 0. The van der Waals surface area contributed by atoms with E-state index in [2.05, 4.69) is 13.8 Å². The van der Waals surface area contributed by atoms with Crippen molar-refractivity contribution in [3.05, 3.63) is 0 Å². The molecule has 0 aromatic rings. The highest BCUT2D eigenvalue weighted by molar-refractivity contribution is 7.84. The molecule has 0 amide bonds. The van der Waals surface area contributed by atoms with E-state index in [1.165, 1.54) is 103 Å². The average Bonchev–Trinajstić information content (AvgIpc) is 2.95. The lowest BCUT2D eigenvalue weighted by Crippen LogP contribution is -3.13. The number of likely N-dealkylation sites (tertiary alicyclic amines) is 1. The van der Waals surface area contributed by atoms with Crippen molar-refractivity contribution in [3.8, 4) is 0 Å². The van der Waals surface area contributed by atoms with Gasteiger partial charge in [-0.3, -0.25) is 0 Å². The molecule has 152 valence electrons. The van der Waals surface area contributed by atoms with E-state index in [1.807, 2.05) is 4.90 Å². The number of hydrogen-bond acceptors (Lipinski definition) is 3. The van der Waals surface area contributed by atoms with Crippen molar-refractivity contribution in [1.82, 2.24) is 0 Å². The minimum Gasteiger partial charge on any atom is -0.748 e. The number of rotatable bonds is 13. The minimum absolute atomic E-state index is 0.604. The first-order chi connectivity index (χ1) is 11.9. The summed E-state index contributed by atoms with van der Waals surface area (Å²) >= 11 is 0. The fraction of sp³-hybridized carbons (Fsp3) is 1.00. The molecule has 0 spiro atoms. The van der Waals surface area contributed by atoms with Crippen molar-refractivity contribution >= 4 is 10.1 Å². The Labute approximate surface area is 157 Å². The summed E-state index contributed by atoms with van der Waals surface area (Å²) in [5.41, 5.74) is 0. The highest BCUT2D eigenvalue weighted by Crippen LogP contribution is 2.11. The first-order valence-electron chi connectivity index (χ1n) is 10.6. The number of unbranched alkanes of at least 4 members (excludes halogenated alkanes) is 9. The highest BCUT2D eigenvalue weighted by atomic mass is 32.2. The van der Waals surface area contributed by atoms with E-state index < -0.39 is 10.1 Å². The fourth-order valence-electron chi connectivity index (χ4n) is 3.85. The van der Waals surface area contributed by atoms with Gasteiger partial charge in [-0.1, -0.05) is 71.6 Å². The second-order valence-electron chi connectivity index (χ2n) is 7.67. The summed E-state index contributed by atoms with van der Waals surface area (Å²) in [4.78, 5) is 1.94. The molecule has 0 saturated carbocycles. The van der Waals surface area contributed by atoms with Crippen LogP contribution in [0.4, 0.5) is 0 Å². The monoisotopic (exact) mass is 377 g/mol. The highest BCUT2D eigenvalue weighted by Gasteiger charge is 2.26. The van der Waals surface area contributed by atoms with E-state index in [0.29, 0.717) is 6.26 Å². The molecular formula is C20H43NO3S. The van der Waals surface area contributed by atoms with Gasteiger partial charge in [0.05, 0.1) is 29.2 Å². The van der Waals surface area contributed by atoms with Gasteiger partial charge in [-0.2, -0.15) is 0 Å². The topological polar surface area (TPSA) is 61.6 Å². The second kappa shape index (κ2) is 16.1. The molecule has 1 fully saturated rings. The molecule has 1 rings (SSSR count). The Morgan fingerprint density at radius 2 is 1.36 bits per heavy atom. The van der Waals surface area contributed by atoms with E-state index in [1.54, 1.807) is 0 Å². The molecule has 1 aliphatic heterocycles. The van der Waals surface area contributed by atoms with E-state index in [0.717, 1.165) is 6.04 Å². The zero-order valence-electron chi connectivity index (χ0n) is 17.0. The van der Waals surface area contributed by atoms with Gasteiger partial charge in [-0.25, -0.2) is 8.42 Å². The summed E-state index contributed by atoms with van der Waals surface area (Å²) in [6, 6.07) is 1.01. The maximum Gasteiger partial charge on any atom is 0.0916 e. The Hall–Kier alpha value is -0.130. The van der Waals surface area contributed by atoms with E-state index in [-0.39, 0.29) is 0 Å². The van der Waals surface area contributed by atoms with Crippen LogP contribution >= 0.6 is 0 Å². The van der Waals surface area contributed by atoms with Crippen LogP contribution in [0.2, 0.25) is 0 Å². The van der Waals surface area contributed by atoms with Gasteiger partial charge in [0.25, 0.3) is 0 Å².